The highest BCUT2D eigenvalue weighted by molar-refractivity contribution is 7.80. The molecule has 0 aliphatic heterocycles. The Bertz CT molecular complexity index is 1060. The number of carbonyl (C=O) groups excluding carboxylic acids is 1. The molecule has 0 saturated heterocycles. The minimum Gasteiger partial charge on any atom is -0.462 e. The lowest BCUT2D eigenvalue weighted by atomic mass is 10.1. The van der Waals surface area contributed by atoms with Crippen LogP contribution in [0.4, 0.5) is 11.4 Å². The Kier molecular flexibility index (Phi) is 6.84. The van der Waals surface area contributed by atoms with Gasteiger partial charge in [-0.15, -0.1) is 0 Å². The van der Waals surface area contributed by atoms with E-state index < -0.39 is 0 Å². The van der Waals surface area contributed by atoms with Crippen molar-refractivity contribution in [3.63, 3.8) is 0 Å². The minimum absolute atomic E-state index is 0.336. The Morgan fingerprint density at radius 1 is 1.07 bits per heavy atom. The van der Waals surface area contributed by atoms with Crippen LogP contribution >= 0.6 is 12.2 Å². The smallest absolute Gasteiger partial charge is 0.338 e. The number of esters is 1. The van der Waals surface area contributed by atoms with Crippen molar-refractivity contribution in [2.75, 3.05) is 17.2 Å². The van der Waals surface area contributed by atoms with Gasteiger partial charge in [0.15, 0.2) is 5.11 Å². The van der Waals surface area contributed by atoms with Gasteiger partial charge in [0.05, 0.1) is 35.8 Å². The minimum atomic E-state index is -0.336. The number of carbonyl (C=O) groups is 1. The molecule has 0 amide bonds. The average Bonchev–Trinajstić information content (AvgIpc) is 2.98. The molecule has 1 heterocycles. The molecule has 3 aromatic rings. The maximum atomic E-state index is 11.8. The quantitative estimate of drug-likeness (QED) is 0.438. The molecule has 0 aliphatic carbocycles. The molecule has 30 heavy (non-hydrogen) atoms. The molecule has 2 aromatic carbocycles. The first kappa shape index (κ1) is 21.5. The van der Waals surface area contributed by atoms with Crippen LogP contribution in [0, 0.1) is 20.8 Å². The molecule has 0 unspecified atom stereocenters. The maximum absolute atomic E-state index is 11.8. The van der Waals surface area contributed by atoms with Gasteiger partial charge in [-0.1, -0.05) is 24.3 Å². The van der Waals surface area contributed by atoms with Gasteiger partial charge in [-0.05, 0) is 75.3 Å². The van der Waals surface area contributed by atoms with Crippen molar-refractivity contribution >= 4 is 34.7 Å². The summed E-state index contributed by atoms with van der Waals surface area (Å²) in [5.74, 6) is -0.336. The Balaban J connectivity index is 1.67. The second kappa shape index (κ2) is 9.54. The van der Waals surface area contributed by atoms with Crippen molar-refractivity contribution in [2.24, 2.45) is 0 Å². The van der Waals surface area contributed by atoms with Gasteiger partial charge in [-0.2, -0.15) is 5.10 Å². The Labute approximate surface area is 182 Å². The van der Waals surface area contributed by atoms with Gasteiger partial charge in [-0.3, -0.25) is 4.68 Å². The lowest BCUT2D eigenvalue weighted by molar-refractivity contribution is 0.0526. The van der Waals surface area contributed by atoms with E-state index in [9.17, 15) is 4.79 Å². The number of nitrogens with zero attached hydrogens (tertiary/aromatic N) is 2. The predicted octanol–water partition coefficient (Wildman–Crippen LogP) is 4.84. The molecule has 0 saturated carbocycles. The molecule has 1 aromatic heterocycles. The standard InChI is InChI=1S/C23H26N4O2S/c1-5-29-22(28)18-10-12-20(13-11-18)24-23(30)25-21-16(3)26-27(17(21)4)14-19-9-7-6-8-15(19)2/h6-13H,5,14H2,1-4H3,(H2,24,25,30). The number of hydrogen-bond acceptors (Lipinski definition) is 4. The molecule has 0 aliphatic rings. The lowest BCUT2D eigenvalue weighted by Crippen LogP contribution is -2.20. The van der Waals surface area contributed by atoms with E-state index in [1.54, 1.807) is 31.2 Å². The number of nitrogens with one attached hydrogen (secondary N) is 2. The van der Waals surface area contributed by atoms with Gasteiger partial charge in [0.2, 0.25) is 0 Å². The van der Waals surface area contributed by atoms with E-state index in [4.69, 9.17) is 17.0 Å². The number of aryl methyl sites for hydroxylation is 2. The molecule has 6 nitrogen and oxygen atoms in total. The fraction of sp³-hybridized carbons (Fsp3) is 0.261. The number of aromatic nitrogens is 2. The maximum Gasteiger partial charge on any atom is 0.338 e. The van der Waals surface area contributed by atoms with E-state index in [-0.39, 0.29) is 5.97 Å². The van der Waals surface area contributed by atoms with Crippen molar-refractivity contribution < 1.29 is 9.53 Å². The van der Waals surface area contributed by atoms with Crippen molar-refractivity contribution in [1.82, 2.24) is 9.78 Å². The summed E-state index contributed by atoms with van der Waals surface area (Å²) in [6.45, 7) is 8.93. The van der Waals surface area contributed by atoms with Crippen molar-refractivity contribution in [3.8, 4) is 0 Å². The number of thiocarbonyl (C=S) groups is 1. The van der Waals surface area contributed by atoms with Gasteiger partial charge in [0.25, 0.3) is 0 Å². The van der Waals surface area contributed by atoms with Gasteiger partial charge >= 0.3 is 5.97 Å². The van der Waals surface area contributed by atoms with Crippen LogP contribution in [0.3, 0.4) is 0 Å². The van der Waals surface area contributed by atoms with E-state index >= 15 is 0 Å². The second-order valence-corrected chi connectivity index (χ2v) is 7.42. The highest BCUT2D eigenvalue weighted by atomic mass is 32.1. The van der Waals surface area contributed by atoms with E-state index in [1.165, 1.54) is 11.1 Å². The molecule has 0 spiro atoms. The van der Waals surface area contributed by atoms with Crippen LogP contribution in [0.25, 0.3) is 0 Å². The van der Waals surface area contributed by atoms with Crippen molar-refractivity contribution in [1.29, 1.82) is 0 Å². The van der Waals surface area contributed by atoms with Crippen LogP contribution in [0.2, 0.25) is 0 Å². The third-order valence-electron chi connectivity index (χ3n) is 4.86. The molecule has 0 atom stereocenters. The Morgan fingerprint density at radius 3 is 2.43 bits per heavy atom. The number of ether oxygens (including phenoxy) is 1. The summed E-state index contributed by atoms with van der Waals surface area (Å²) in [6, 6.07) is 15.3. The van der Waals surface area contributed by atoms with Crippen LogP contribution in [-0.4, -0.2) is 27.5 Å². The van der Waals surface area contributed by atoms with Crippen LogP contribution in [0.1, 0.15) is 39.8 Å². The summed E-state index contributed by atoms with van der Waals surface area (Å²) >= 11 is 5.47. The molecule has 2 N–H and O–H groups in total. The first-order valence-corrected chi connectivity index (χ1v) is 10.2. The largest absolute Gasteiger partial charge is 0.462 e. The van der Waals surface area contributed by atoms with E-state index in [1.807, 2.05) is 30.7 Å². The number of anilines is 2. The molecule has 156 valence electrons. The number of hydrogen-bond donors (Lipinski definition) is 2. The first-order valence-electron chi connectivity index (χ1n) is 9.82. The topological polar surface area (TPSA) is 68.2 Å². The van der Waals surface area contributed by atoms with Crippen LogP contribution < -0.4 is 10.6 Å². The average molecular weight is 423 g/mol. The Morgan fingerprint density at radius 2 is 1.77 bits per heavy atom. The van der Waals surface area contributed by atoms with Gasteiger partial charge < -0.3 is 15.4 Å². The molecule has 3 rings (SSSR count). The van der Waals surface area contributed by atoms with E-state index in [2.05, 4.69) is 34.8 Å². The van der Waals surface area contributed by atoms with E-state index in [0.717, 1.165) is 22.8 Å². The van der Waals surface area contributed by atoms with Crippen LogP contribution in [0.5, 0.6) is 0 Å². The van der Waals surface area contributed by atoms with Crippen molar-refractivity contribution in [3.05, 3.63) is 76.6 Å². The van der Waals surface area contributed by atoms with Gasteiger partial charge in [0.1, 0.15) is 0 Å². The Hall–Kier alpha value is -3.19. The predicted molar refractivity (Wildman–Crippen MR) is 124 cm³/mol. The zero-order chi connectivity index (χ0) is 21.7. The molecular weight excluding hydrogens is 396 g/mol. The molecule has 0 radical (unpaired) electrons. The summed E-state index contributed by atoms with van der Waals surface area (Å²) in [4.78, 5) is 11.8. The number of benzene rings is 2. The number of rotatable bonds is 6. The summed E-state index contributed by atoms with van der Waals surface area (Å²) < 4.78 is 6.98. The second-order valence-electron chi connectivity index (χ2n) is 7.01. The SMILES string of the molecule is CCOC(=O)c1ccc(NC(=S)Nc2c(C)nn(Cc3ccccc3C)c2C)cc1. The van der Waals surface area contributed by atoms with Gasteiger partial charge in [-0.25, -0.2) is 4.79 Å². The molecule has 7 heteroatoms. The highest BCUT2D eigenvalue weighted by Crippen LogP contribution is 2.22. The lowest BCUT2D eigenvalue weighted by Gasteiger charge is -2.12. The fourth-order valence-electron chi connectivity index (χ4n) is 3.16. The monoisotopic (exact) mass is 422 g/mol. The normalized spacial score (nSPS) is 10.5. The summed E-state index contributed by atoms with van der Waals surface area (Å²) in [7, 11) is 0. The molecule has 0 fully saturated rings. The molecule has 0 bridgehead atoms. The zero-order valence-electron chi connectivity index (χ0n) is 17.7. The van der Waals surface area contributed by atoms with Gasteiger partial charge in [0, 0.05) is 5.69 Å². The molecular formula is C23H26N4O2S. The first-order chi connectivity index (χ1) is 14.4. The highest BCUT2D eigenvalue weighted by Gasteiger charge is 2.14. The summed E-state index contributed by atoms with van der Waals surface area (Å²) in [5.41, 5.74) is 6.54. The van der Waals surface area contributed by atoms with Crippen LogP contribution in [-0.2, 0) is 11.3 Å². The van der Waals surface area contributed by atoms with Crippen molar-refractivity contribution in [2.45, 2.75) is 34.2 Å². The fourth-order valence-corrected chi connectivity index (χ4v) is 3.38. The van der Waals surface area contributed by atoms with Crippen LogP contribution in [0.15, 0.2) is 48.5 Å². The summed E-state index contributed by atoms with van der Waals surface area (Å²) in [5, 5.41) is 11.5. The third-order valence-corrected chi connectivity index (χ3v) is 5.06. The van der Waals surface area contributed by atoms with E-state index in [0.29, 0.717) is 23.8 Å². The zero-order valence-corrected chi connectivity index (χ0v) is 18.5. The third kappa shape index (κ3) is 5.04. The summed E-state index contributed by atoms with van der Waals surface area (Å²) in [6.07, 6.45) is 0.